The molecule has 5 heteroatoms. The summed E-state index contributed by atoms with van der Waals surface area (Å²) >= 11 is 11.9. The molecule has 0 spiro atoms. The van der Waals surface area contributed by atoms with Crippen LogP contribution in [0.3, 0.4) is 0 Å². The van der Waals surface area contributed by atoms with Gasteiger partial charge in [0.15, 0.2) is 0 Å². The molecule has 0 saturated heterocycles. The van der Waals surface area contributed by atoms with Crippen LogP contribution in [-0.4, -0.2) is 13.1 Å². The SMILES string of the molecule is COC(=O)C1CCc2cc(Cl)c(Cl)cc2C1.Cl. The third-order valence-electron chi connectivity index (χ3n) is 3.01. The standard InChI is InChI=1S/C12H12Cl2O2.ClH/c1-16-12(15)8-3-2-7-5-10(13)11(14)6-9(7)4-8;/h5-6,8H,2-4H2,1H3;1H. The molecule has 0 bridgehead atoms. The van der Waals surface area contributed by atoms with Crippen molar-refractivity contribution in [1.29, 1.82) is 0 Å². The molecular weight excluding hydrogens is 282 g/mol. The maximum Gasteiger partial charge on any atom is 0.309 e. The van der Waals surface area contributed by atoms with E-state index in [1.165, 1.54) is 12.7 Å². The lowest BCUT2D eigenvalue weighted by Crippen LogP contribution is -2.23. The highest BCUT2D eigenvalue weighted by Gasteiger charge is 2.25. The van der Waals surface area contributed by atoms with Gasteiger partial charge in [-0.2, -0.15) is 0 Å². The van der Waals surface area contributed by atoms with Gasteiger partial charge in [0.2, 0.25) is 0 Å². The summed E-state index contributed by atoms with van der Waals surface area (Å²) in [6.07, 6.45) is 2.36. The molecule has 1 aliphatic carbocycles. The highest BCUT2D eigenvalue weighted by molar-refractivity contribution is 6.42. The Morgan fingerprint density at radius 3 is 2.47 bits per heavy atom. The van der Waals surface area contributed by atoms with Crippen LogP contribution in [0.4, 0.5) is 0 Å². The second-order valence-electron chi connectivity index (χ2n) is 4.00. The van der Waals surface area contributed by atoms with Crippen molar-refractivity contribution < 1.29 is 9.53 Å². The number of halogens is 3. The zero-order valence-corrected chi connectivity index (χ0v) is 11.7. The van der Waals surface area contributed by atoms with Gasteiger partial charge in [-0.1, -0.05) is 23.2 Å². The fourth-order valence-electron chi connectivity index (χ4n) is 2.12. The van der Waals surface area contributed by atoms with Crippen molar-refractivity contribution in [2.75, 3.05) is 7.11 Å². The van der Waals surface area contributed by atoms with E-state index in [1.54, 1.807) is 0 Å². The fourth-order valence-corrected chi connectivity index (χ4v) is 2.49. The molecule has 1 atom stereocenters. The first-order valence-electron chi connectivity index (χ1n) is 5.16. The number of carbonyl (C=O) groups is 1. The number of methoxy groups -OCH3 is 1. The number of benzene rings is 1. The molecule has 17 heavy (non-hydrogen) atoms. The van der Waals surface area contributed by atoms with Gasteiger partial charge in [0.25, 0.3) is 0 Å². The van der Waals surface area contributed by atoms with Crippen LogP contribution >= 0.6 is 35.6 Å². The first-order chi connectivity index (χ1) is 7.61. The van der Waals surface area contributed by atoms with Crippen LogP contribution in [-0.2, 0) is 22.4 Å². The van der Waals surface area contributed by atoms with Crippen LogP contribution < -0.4 is 0 Å². The molecule has 2 nitrogen and oxygen atoms in total. The molecule has 0 radical (unpaired) electrons. The van der Waals surface area contributed by atoms with Crippen LogP contribution in [0.1, 0.15) is 17.5 Å². The topological polar surface area (TPSA) is 26.3 Å². The summed E-state index contributed by atoms with van der Waals surface area (Å²) in [5, 5.41) is 1.13. The Labute approximate surface area is 117 Å². The van der Waals surface area contributed by atoms with E-state index in [4.69, 9.17) is 27.9 Å². The van der Waals surface area contributed by atoms with Crippen LogP contribution in [0, 0.1) is 5.92 Å². The van der Waals surface area contributed by atoms with Crippen molar-refractivity contribution >= 4 is 41.6 Å². The van der Waals surface area contributed by atoms with E-state index in [1.807, 2.05) is 12.1 Å². The molecule has 1 unspecified atom stereocenters. The van der Waals surface area contributed by atoms with Crippen molar-refractivity contribution in [2.45, 2.75) is 19.3 Å². The predicted octanol–water partition coefficient (Wildman–Crippen LogP) is 3.69. The summed E-state index contributed by atoms with van der Waals surface area (Å²) in [7, 11) is 1.42. The molecule has 2 rings (SSSR count). The third kappa shape index (κ3) is 3.06. The van der Waals surface area contributed by atoms with Gasteiger partial charge < -0.3 is 4.74 Å². The average Bonchev–Trinajstić information content (AvgIpc) is 2.29. The molecule has 0 heterocycles. The first-order valence-corrected chi connectivity index (χ1v) is 5.92. The summed E-state index contributed by atoms with van der Waals surface area (Å²) in [6, 6.07) is 3.75. The zero-order chi connectivity index (χ0) is 11.7. The summed E-state index contributed by atoms with van der Waals surface area (Å²) in [6.45, 7) is 0. The Balaban J connectivity index is 0.00000144. The minimum absolute atomic E-state index is 0. The molecule has 1 aromatic rings. The van der Waals surface area contributed by atoms with Gasteiger partial charge in [-0.25, -0.2) is 0 Å². The summed E-state index contributed by atoms with van der Waals surface area (Å²) in [5.41, 5.74) is 2.30. The Bertz CT molecular complexity index is 432. The van der Waals surface area contributed by atoms with Gasteiger partial charge in [-0.3, -0.25) is 4.79 Å². The van der Waals surface area contributed by atoms with E-state index in [9.17, 15) is 4.79 Å². The van der Waals surface area contributed by atoms with Crippen molar-refractivity contribution in [2.24, 2.45) is 5.92 Å². The van der Waals surface area contributed by atoms with Gasteiger partial charge >= 0.3 is 5.97 Å². The lowest BCUT2D eigenvalue weighted by atomic mass is 9.84. The Morgan fingerprint density at radius 2 is 1.88 bits per heavy atom. The number of aryl methyl sites for hydroxylation is 1. The first kappa shape index (κ1) is 14.6. The van der Waals surface area contributed by atoms with E-state index < -0.39 is 0 Å². The van der Waals surface area contributed by atoms with Crippen molar-refractivity contribution in [3.63, 3.8) is 0 Å². The van der Waals surface area contributed by atoms with Crippen LogP contribution in [0.5, 0.6) is 0 Å². The van der Waals surface area contributed by atoms with Gasteiger partial charge in [-0.05, 0) is 42.5 Å². The minimum Gasteiger partial charge on any atom is -0.469 e. The maximum atomic E-state index is 11.4. The number of fused-ring (bicyclic) bond motifs is 1. The lowest BCUT2D eigenvalue weighted by Gasteiger charge is -2.23. The van der Waals surface area contributed by atoms with E-state index in [2.05, 4.69) is 0 Å². The summed E-state index contributed by atoms with van der Waals surface area (Å²) < 4.78 is 4.76. The molecule has 1 aromatic carbocycles. The van der Waals surface area contributed by atoms with E-state index >= 15 is 0 Å². The number of hydrogen-bond donors (Lipinski definition) is 0. The number of carbonyl (C=O) groups excluding carboxylic acids is 1. The number of rotatable bonds is 1. The number of esters is 1. The fraction of sp³-hybridized carbons (Fsp3) is 0.417. The molecule has 0 saturated carbocycles. The zero-order valence-electron chi connectivity index (χ0n) is 9.33. The van der Waals surface area contributed by atoms with E-state index in [-0.39, 0.29) is 24.3 Å². The molecule has 0 N–H and O–H groups in total. The quantitative estimate of drug-likeness (QED) is 0.739. The number of ether oxygens (including phenoxy) is 1. The highest BCUT2D eigenvalue weighted by Crippen LogP contribution is 2.32. The average molecular weight is 296 g/mol. The highest BCUT2D eigenvalue weighted by atomic mass is 35.5. The van der Waals surface area contributed by atoms with Gasteiger partial charge in [0.1, 0.15) is 0 Å². The van der Waals surface area contributed by atoms with Crippen molar-refractivity contribution in [3.8, 4) is 0 Å². The molecule has 0 amide bonds. The maximum absolute atomic E-state index is 11.4. The van der Waals surface area contributed by atoms with E-state index in [0.29, 0.717) is 16.5 Å². The summed E-state index contributed by atoms with van der Waals surface area (Å²) in [5.74, 6) is -0.188. The minimum atomic E-state index is -0.142. The van der Waals surface area contributed by atoms with E-state index in [0.717, 1.165) is 18.4 Å². The monoisotopic (exact) mass is 294 g/mol. The molecular formula is C12H13Cl3O2. The van der Waals surface area contributed by atoms with Gasteiger partial charge in [0.05, 0.1) is 23.1 Å². The largest absolute Gasteiger partial charge is 0.469 e. The third-order valence-corrected chi connectivity index (χ3v) is 3.73. The van der Waals surface area contributed by atoms with Crippen molar-refractivity contribution in [1.82, 2.24) is 0 Å². The second-order valence-corrected chi connectivity index (χ2v) is 4.81. The lowest BCUT2D eigenvalue weighted by molar-refractivity contribution is -0.145. The normalized spacial score (nSPS) is 17.9. The molecule has 0 fully saturated rings. The summed E-state index contributed by atoms with van der Waals surface area (Å²) in [4.78, 5) is 11.4. The second kappa shape index (κ2) is 5.94. The number of hydrogen-bond acceptors (Lipinski definition) is 2. The van der Waals surface area contributed by atoms with Gasteiger partial charge in [0, 0.05) is 0 Å². The smallest absolute Gasteiger partial charge is 0.309 e. The van der Waals surface area contributed by atoms with Crippen molar-refractivity contribution in [3.05, 3.63) is 33.3 Å². The predicted molar refractivity (Wildman–Crippen MR) is 71.2 cm³/mol. The Kier molecular flexibility index (Phi) is 5.11. The van der Waals surface area contributed by atoms with Gasteiger partial charge in [-0.15, -0.1) is 12.4 Å². The Morgan fingerprint density at radius 1 is 1.29 bits per heavy atom. The van der Waals surface area contributed by atoms with Crippen LogP contribution in [0.2, 0.25) is 10.0 Å². The van der Waals surface area contributed by atoms with Crippen LogP contribution in [0.15, 0.2) is 12.1 Å². The molecule has 1 aliphatic rings. The molecule has 0 aromatic heterocycles. The van der Waals surface area contributed by atoms with Crippen LogP contribution in [0.25, 0.3) is 0 Å². The molecule has 0 aliphatic heterocycles. The molecule has 94 valence electrons. The Hall–Kier alpha value is -0.440.